The lowest BCUT2D eigenvalue weighted by molar-refractivity contribution is -0.127. The van der Waals surface area contributed by atoms with Gasteiger partial charge in [-0.05, 0) is 32.4 Å². The minimum absolute atomic E-state index is 0.0617. The van der Waals surface area contributed by atoms with Gasteiger partial charge < -0.3 is 15.8 Å². The van der Waals surface area contributed by atoms with Crippen LogP contribution in [0.25, 0.3) is 0 Å². The van der Waals surface area contributed by atoms with E-state index in [1.54, 1.807) is 25.1 Å². The fourth-order valence-electron chi connectivity index (χ4n) is 1.37. The third-order valence-corrected chi connectivity index (χ3v) is 3.21. The van der Waals surface area contributed by atoms with Crippen molar-refractivity contribution in [3.05, 3.63) is 28.2 Å². The van der Waals surface area contributed by atoms with Crippen LogP contribution in [0.4, 0.5) is 0 Å². The van der Waals surface area contributed by atoms with Gasteiger partial charge in [-0.3, -0.25) is 4.79 Å². The van der Waals surface area contributed by atoms with E-state index >= 15 is 0 Å². The molecule has 0 saturated heterocycles. The summed E-state index contributed by atoms with van der Waals surface area (Å²) >= 11 is 11.7. The fourth-order valence-corrected chi connectivity index (χ4v) is 1.66. The first-order valence-corrected chi connectivity index (χ1v) is 6.80. The number of amides is 1. The fraction of sp³-hybridized carbons (Fsp3) is 0.462. The second kappa shape index (κ2) is 7.58. The van der Waals surface area contributed by atoms with Crippen molar-refractivity contribution in [2.75, 3.05) is 6.54 Å². The summed E-state index contributed by atoms with van der Waals surface area (Å²) in [6.45, 7) is 4.09. The lowest BCUT2D eigenvalue weighted by Gasteiger charge is -2.15. The molecule has 106 valence electrons. The van der Waals surface area contributed by atoms with Crippen LogP contribution in [0.3, 0.4) is 0 Å². The maximum atomic E-state index is 11.7. The van der Waals surface area contributed by atoms with Gasteiger partial charge in [0.25, 0.3) is 5.91 Å². The van der Waals surface area contributed by atoms with Crippen LogP contribution in [-0.2, 0) is 4.79 Å². The largest absolute Gasteiger partial charge is 0.481 e. The molecule has 0 saturated carbocycles. The average molecular weight is 305 g/mol. The van der Waals surface area contributed by atoms with E-state index in [-0.39, 0.29) is 11.9 Å². The third kappa shape index (κ3) is 5.68. The average Bonchev–Trinajstić information content (AvgIpc) is 2.33. The third-order valence-electron chi connectivity index (χ3n) is 2.47. The normalized spacial score (nSPS) is 13.7. The van der Waals surface area contributed by atoms with Crippen LogP contribution in [-0.4, -0.2) is 24.6 Å². The monoisotopic (exact) mass is 304 g/mol. The van der Waals surface area contributed by atoms with E-state index in [4.69, 9.17) is 33.7 Å². The number of hydrogen-bond donors (Lipinski definition) is 2. The molecule has 0 spiro atoms. The summed E-state index contributed by atoms with van der Waals surface area (Å²) in [5, 5.41) is 3.60. The topological polar surface area (TPSA) is 64.3 Å². The number of nitrogens with one attached hydrogen (secondary N) is 1. The van der Waals surface area contributed by atoms with Crippen molar-refractivity contribution < 1.29 is 9.53 Å². The van der Waals surface area contributed by atoms with Crippen molar-refractivity contribution in [3.8, 4) is 5.75 Å². The van der Waals surface area contributed by atoms with E-state index in [2.05, 4.69) is 5.32 Å². The van der Waals surface area contributed by atoms with Crippen molar-refractivity contribution in [2.24, 2.45) is 5.73 Å². The van der Waals surface area contributed by atoms with Gasteiger partial charge in [0.15, 0.2) is 6.10 Å². The van der Waals surface area contributed by atoms with Gasteiger partial charge in [0.05, 0.1) is 10.0 Å². The van der Waals surface area contributed by atoms with Crippen molar-refractivity contribution in [1.29, 1.82) is 0 Å². The number of rotatable bonds is 6. The highest BCUT2D eigenvalue weighted by molar-refractivity contribution is 6.42. The van der Waals surface area contributed by atoms with Crippen molar-refractivity contribution in [1.82, 2.24) is 5.32 Å². The molecule has 0 aliphatic heterocycles. The molecule has 6 heteroatoms. The molecule has 1 aromatic carbocycles. The summed E-state index contributed by atoms with van der Waals surface area (Å²) in [6.07, 6.45) is 0.121. The van der Waals surface area contributed by atoms with E-state index in [1.807, 2.05) is 6.92 Å². The smallest absolute Gasteiger partial charge is 0.260 e. The van der Waals surface area contributed by atoms with E-state index < -0.39 is 6.10 Å². The Labute approximate surface area is 123 Å². The maximum absolute atomic E-state index is 11.7. The molecule has 1 rings (SSSR count). The number of halogens is 2. The summed E-state index contributed by atoms with van der Waals surface area (Å²) in [6, 6.07) is 4.93. The Kier molecular flexibility index (Phi) is 6.42. The zero-order valence-electron chi connectivity index (χ0n) is 11.0. The van der Waals surface area contributed by atoms with Crippen molar-refractivity contribution in [3.63, 3.8) is 0 Å². The van der Waals surface area contributed by atoms with Gasteiger partial charge in [-0.25, -0.2) is 0 Å². The minimum Gasteiger partial charge on any atom is -0.481 e. The van der Waals surface area contributed by atoms with Crippen LogP contribution in [0.1, 0.15) is 20.3 Å². The summed E-state index contributed by atoms with van der Waals surface area (Å²) in [5.41, 5.74) is 5.60. The Morgan fingerprint density at radius 1 is 1.37 bits per heavy atom. The van der Waals surface area contributed by atoms with Gasteiger partial charge in [0, 0.05) is 18.7 Å². The highest BCUT2D eigenvalue weighted by Gasteiger charge is 2.14. The molecule has 19 heavy (non-hydrogen) atoms. The van der Waals surface area contributed by atoms with Gasteiger partial charge >= 0.3 is 0 Å². The predicted molar refractivity (Wildman–Crippen MR) is 77.8 cm³/mol. The molecular weight excluding hydrogens is 287 g/mol. The second-order valence-electron chi connectivity index (χ2n) is 4.39. The van der Waals surface area contributed by atoms with E-state index in [9.17, 15) is 4.79 Å². The van der Waals surface area contributed by atoms with Crippen LogP contribution in [0.5, 0.6) is 5.75 Å². The minimum atomic E-state index is -0.606. The molecule has 1 amide bonds. The highest BCUT2D eigenvalue weighted by Crippen LogP contribution is 2.26. The van der Waals surface area contributed by atoms with Crippen LogP contribution in [0, 0.1) is 0 Å². The van der Waals surface area contributed by atoms with E-state index in [0.717, 1.165) is 6.42 Å². The lowest BCUT2D eigenvalue weighted by Crippen LogP contribution is -2.38. The Morgan fingerprint density at radius 2 is 2.05 bits per heavy atom. The summed E-state index contributed by atoms with van der Waals surface area (Å²) in [5.74, 6) is 0.316. The number of carbonyl (C=O) groups excluding carboxylic acids is 1. The summed E-state index contributed by atoms with van der Waals surface area (Å²) in [4.78, 5) is 11.7. The van der Waals surface area contributed by atoms with Crippen LogP contribution < -0.4 is 15.8 Å². The molecular formula is C13H18Cl2N2O2. The van der Waals surface area contributed by atoms with Crippen molar-refractivity contribution >= 4 is 29.1 Å². The number of ether oxygens (including phenoxy) is 1. The molecule has 2 unspecified atom stereocenters. The van der Waals surface area contributed by atoms with Crippen LogP contribution in [0.2, 0.25) is 10.0 Å². The van der Waals surface area contributed by atoms with Crippen LogP contribution >= 0.6 is 23.2 Å². The Bertz CT molecular complexity index is 439. The standard InChI is InChI=1S/C13H18Cl2N2O2/c1-8(16)5-6-17-13(18)9(2)19-10-3-4-11(14)12(15)7-10/h3-4,7-9H,5-6,16H2,1-2H3,(H,17,18). The molecule has 4 nitrogen and oxygen atoms in total. The molecule has 0 heterocycles. The van der Waals surface area contributed by atoms with E-state index in [0.29, 0.717) is 22.3 Å². The predicted octanol–water partition coefficient (Wildman–Crippen LogP) is 2.61. The van der Waals surface area contributed by atoms with Crippen molar-refractivity contribution in [2.45, 2.75) is 32.4 Å². The number of carbonyl (C=O) groups is 1. The Balaban J connectivity index is 2.47. The zero-order valence-corrected chi connectivity index (χ0v) is 12.5. The van der Waals surface area contributed by atoms with Gasteiger partial charge in [0.1, 0.15) is 5.75 Å². The molecule has 0 aliphatic rings. The van der Waals surface area contributed by atoms with Gasteiger partial charge in [-0.1, -0.05) is 23.2 Å². The first-order chi connectivity index (χ1) is 8.90. The molecule has 0 fully saturated rings. The molecule has 0 aromatic heterocycles. The van der Waals surface area contributed by atoms with E-state index in [1.165, 1.54) is 0 Å². The number of benzene rings is 1. The van der Waals surface area contributed by atoms with Crippen LogP contribution in [0.15, 0.2) is 18.2 Å². The Hall–Kier alpha value is -0.970. The first kappa shape index (κ1) is 16.1. The molecule has 0 aliphatic carbocycles. The van der Waals surface area contributed by atoms with Gasteiger partial charge in [-0.15, -0.1) is 0 Å². The molecule has 2 atom stereocenters. The zero-order chi connectivity index (χ0) is 14.4. The van der Waals surface area contributed by atoms with Gasteiger partial charge in [-0.2, -0.15) is 0 Å². The molecule has 3 N–H and O–H groups in total. The second-order valence-corrected chi connectivity index (χ2v) is 5.21. The quantitative estimate of drug-likeness (QED) is 0.849. The lowest BCUT2D eigenvalue weighted by atomic mass is 10.2. The molecule has 1 aromatic rings. The SMILES string of the molecule is CC(N)CCNC(=O)C(C)Oc1ccc(Cl)c(Cl)c1. The summed E-state index contributed by atoms with van der Waals surface area (Å²) in [7, 11) is 0. The highest BCUT2D eigenvalue weighted by atomic mass is 35.5. The van der Waals surface area contributed by atoms with Gasteiger partial charge in [0.2, 0.25) is 0 Å². The molecule has 0 radical (unpaired) electrons. The number of hydrogen-bond acceptors (Lipinski definition) is 3. The summed E-state index contributed by atoms with van der Waals surface area (Å²) < 4.78 is 5.48. The first-order valence-electron chi connectivity index (χ1n) is 6.05. The maximum Gasteiger partial charge on any atom is 0.260 e. The Morgan fingerprint density at radius 3 is 2.63 bits per heavy atom. The molecule has 0 bridgehead atoms. The number of nitrogens with two attached hydrogens (primary N) is 1.